The summed E-state index contributed by atoms with van der Waals surface area (Å²) >= 11 is 3.47. The fourth-order valence-electron chi connectivity index (χ4n) is 2.08. The molecule has 0 radical (unpaired) electrons. The van der Waals surface area contributed by atoms with Gasteiger partial charge in [-0.15, -0.1) is 0 Å². The summed E-state index contributed by atoms with van der Waals surface area (Å²) in [6.45, 7) is 0.622. The predicted molar refractivity (Wildman–Crippen MR) is 79.0 cm³/mol. The Kier molecular flexibility index (Phi) is 5.40. The lowest BCUT2D eigenvalue weighted by Crippen LogP contribution is -2.34. The van der Waals surface area contributed by atoms with Crippen molar-refractivity contribution in [1.82, 2.24) is 5.32 Å². The maximum Gasteiger partial charge on any atom is 0.223 e. The molecule has 0 bridgehead atoms. The predicted octanol–water partition coefficient (Wildman–Crippen LogP) is 2.92. The van der Waals surface area contributed by atoms with Crippen LogP contribution in [-0.2, 0) is 16.0 Å². The van der Waals surface area contributed by atoms with Crippen LogP contribution in [0.4, 0.5) is 0 Å². The topological polar surface area (TPSA) is 38.3 Å². The largest absolute Gasteiger partial charge is 0.385 e. The lowest BCUT2D eigenvalue weighted by molar-refractivity contribution is -0.125. The molecule has 0 saturated heterocycles. The van der Waals surface area contributed by atoms with Gasteiger partial charge in [0.2, 0.25) is 5.91 Å². The van der Waals surface area contributed by atoms with Crippen LogP contribution in [0.3, 0.4) is 0 Å². The molecule has 1 aromatic carbocycles. The standard InChI is InChI=1S/C15H20BrNO2/c1-19-8-7-12(15(18)17-14-5-6-14)9-11-3-2-4-13(16)10-11/h2-4,10,12,14H,5-9H2,1H3,(H,17,18). The van der Waals surface area contributed by atoms with Crippen molar-refractivity contribution in [2.45, 2.75) is 31.7 Å². The molecule has 1 aliphatic rings. The SMILES string of the molecule is COCCC(Cc1cccc(Br)c1)C(=O)NC1CC1. The van der Waals surface area contributed by atoms with Gasteiger partial charge in [-0.25, -0.2) is 0 Å². The Bertz CT molecular complexity index is 432. The van der Waals surface area contributed by atoms with Crippen molar-refractivity contribution < 1.29 is 9.53 Å². The minimum atomic E-state index is -0.00477. The average Bonchev–Trinajstić information content (AvgIpc) is 3.18. The van der Waals surface area contributed by atoms with Crippen LogP contribution in [-0.4, -0.2) is 25.7 Å². The highest BCUT2D eigenvalue weighted by Crippen LogP contribution is 2.22. The summed E-state index contributed by atoms with van der Waals surface area (Å²) in [6, 6.07) is 8.56. The molecule has 1 unspecified atom stereocenters. The van der Waals surface area contributed by atoms with Gasteiger partial charge in [0.05, 0.1) is 0 Å². The molecule has 1 amide bonds. The van der Waals surface area contributed by atoms with Crippen LogP contribution in [0, 0.1) is 5.92 Å². The Labute approximate surface area is 122 Å². The molecule has 1 aliphatic carbocycles. The fourth-order valence-corrected chi connectivity index (χ4v) is 2.53. The van der Waals surface area contributed by atoms with Crippen molar-refractivity contribution in [2.75, 3.05) is 13.7 Å². The smallest absolute Gasteiger partial charge is 0.223 e. The van der Waals surface area contributed by atoms with E-state index in [0.29, 0.717) is 12.6 Å². The zero-order valence-electron chi connectivity index (χ0n) is 11.2. The Morgan fingerprint density at radius 2 is 2.32 bits per heavy atom. The molecule has 1 atom stereocenters. The molecule has 0 spiro atoms. The highest BCUT2D eigenvalue weighted by atomic mass is 79.9. The number of rotatable bonds is 7. The number of hydrogen-bond donors (Lipinski definition) is 1. The van der Waals surface area contributed by atoms with Gasteiger partial charge in [-0.05, 0) is 43.4 Å². The third kappa shape index (κ3) is 4.96. The first-order chi connectivity index (χ1) is 9.19. The van der Waals surface area contributed by atoms with Gasteiger partial charge in [0.1, 0.15) is 0 Å². The average molecular weight is 326 g/mol. The van der Waals surface area contributed by atoms with E-state index in [1.54, 1.807) is 7.11 Å². The summed E-state index contributed by atoms with van der Waals surface area (Å²) < 4.78 is 6.17. The monoisotopic (exact) mass is 325 g/mol. The van der Waals surface area contributed by atoms with Gasteiger partial charge in [0.25, 0.3) is 0 Å². The number of nitrogens with one attached hydrogen (secondary N) is 1. The molecule has 104 valence electrons. The summed E-state index contributed by atoms with van der Waals surface area (Å²) in [5.74, 6) is 0.161. The third-order valence-electron chi connectivity index (χ3n) is 3.34. The second kappa shape index (κ2) is 7.06. The lowest BCUT2D eigenvalue weighted by Gasteiger charge is -2.16. The number of methoxy groups -OCH3 is 1. The van der Waals surface area contributed by atoms with Gasteiger partial charge < -0.3 is 10.1 Å². The van der Waals surface area contributed by atoms with E-state index >= 15 is 0 Å². The maximum atomic E-state index is 12.2. The summed E-state index contributed by atoms with van der Waals surface area (Å²) in [7, 11) is 1.68. The minimum Gasteiger partial charge on any atom is -0.385 e. The van der Waals surface area contributed by atoms with Crippen LogP contribution < -0.4 is 5.32 Å². The summed E-state index contributed by atoms with van der Waals surface area (Å²) in [4.78, 5) is 12.2. The van der Waals surface area contributed by atoms with Gasteiger partial charge in [-0.2, -0.15) is 0 Å². The highest BCUT2D eigenvalue weighted by Gasteiger charge is 2.27. The fraction of sp³-hybridized carbons (Fsp3) is 0.533. The molecule has 1 N–H and O–H groups in total. The van der Waals surface area contributed by atoms with E-state index in [2.05, 4.69) is 33.4 Å². The number of halogens is 1. The van der Waals surface area contributed by atoms with Crippen molar-refractivity contribution in [3.63, 3.8) is 0 Å². The van der Waals surface area contributed by atoms with Crippen molar-refractivity contribution in [1.29, 1.82) is 0 Å². The second-order valence-corrected chi connectivity index (χ2v) is 6.01. The summed E-state index contributed by atoms with van der Waals surface area (Å²) in [5.41, 5.74) is 1.18. The van der Waals surface area contributed by atoms with Crippen LogP contribution in [0.5, 0.6) is 0 Å². The number of ether oxygens (including phenoxy) is 1. The third-order valence-corrected chi connectivity index (χ3v) is 3.83. The second-order valence-electron chi connectivity index (χ2n) is 5.10. The number of benzene rings is 1. The molecular formula is C15H20BrNO2. The molecule has 2 rings (SSSR count). The van der Waals surface area contributed by atoms with E-state index < -0.39 is 0 Å². The van der Waals surface area contributed by atoms with E-state index in [0.717, 1.165) is 30.2 Å². The summed E-state index contributed by atoms with van der Waals surface area (Å²) in [5, 5.41) is 3.09. The number of amides is 1. The highest BCUT2D eigenvalue weighted by molar-refractivity contribution is 9.10. The van der Waals surface area contributed by atoms with E-state index in [-0.39, 0.29) is 11.8 Å². The zero-order chi connectivity index (χ0) is 13.7. The van der Waals surface area contributed by atoms with E-state index in [1.165, 1.54) is 5.56 Å². The molecule has 1 saturated carbocycles. The molecule has 0 heterocycles. The first-order valence-electron chi connectivity index (χ1n) is 6.73. The molecule has 0 aliphatic heterocycles. The Morgan fingerprint density at radius 1 is 1.53 bits per heavy atom. The first kappa shape index (κ1) is 14.5. The maximum absolute atomic E-state index is 12.2. The van der Waals surface area contributed by atoms with Crippen LogP contribution in [0.25, 0.3) is 0 Å². The van der Waals surface area contributed by atoms with Gasteiger partial charge in [-0.1, -0.05) is 28.1 Å². The van der Waals surface area contributed by atoms with Crippen molar-refractivity contribution in [3.05, 3.63) is 34.3 Å². The van der Waals surface area contributed by atoms with Crippen molar-refractivity contribution >= 4 is 21.8 Å². The molecule has 4 heteroatoms. The minimum absolute atomic E-state index is 0.00477. The van der Waals surface area contributed by atoms with Gasteiger partial charge in [0.15, 0.2) is 0 Å². The van der Waals surface area contributed by atoms with Gasteiger partial charge in [-0.3, -0.25) is 4.79 Å². The molecule has 19 heavy (non-hydrogen) atoms. The number of hydrogen-bond acceptors (Lipinski definition) is 2. The van der Waals surface area contributed by atoms with Crippen LogP contribution >= 0.6 is 15.9 Å². The normalized spacial score (nSPS) is 16.1. The van der Waals surface area contributed by atoms with E-state index in [9.17, 15) is 4.79 Å². The van der Waals surface area contributed by atoms with Crippen molar-refractivity contribution in [3.8, 4) is 0 Å². The lowest BCUT2D eigenvalue weighted by atomic mass is 9.95. The molecule has 1 fully saturated rings. The quantitative estimate of drug-likeness (QED) is 0.837. The van der Waals surface area contributed by atoms with Gasteiger partial charge >= 0.3 is 0 Å². The molecule has 0 aromatic heterocycles. The van der Waals surface area contributed by atoms with Crippen LogP contribution in [0.2, 0.25) is 0 Å². The summed E-state index contributed by atoms with van der Waals surface area (Å²) in [6.07, 6.45) is 3.78. The Balaban J connectivity index is 1.97. The van der Waals surface area contributed by atoms with Crippen molar-refractivity contribution in [2.24, 2.45) is 5.92 Å². The van der Waals surface area contributed by atoms with E-state index in [4.69, 9.17) is 4.74 Å². The zero-order valence-corrected chi connectivity index (χ0v) is 12.8. The Hall–Kier alpha value is -0.870. The van der Waals surface area contributed by atoms with Crippen LogP contribution in [0.15, 0.2) is 28.7 Å². The van der Waals surface area contributed by atoms with Crippen LogP contribution in [0.1, 0.15) is 24.8 Å². The number of carbonyl (C=O) groups is 1. The van der Waals surface area contributed by atoms with Gasteiger partial charge in [0, 0.05) is 30.1 Å². The Morgan fingerprint density at radius 3 is 2.95 bits per heavy atom. The molecule has 3 nitrogen and oxygen atoms in total. The molecular weight excluding hydrogens is 306 g/mol. The number of carbonyl (C=O) groups excluding carboxylic acids is 1. The first-order valence-corrected chi connectivity index (χ1v) is 7.52. The molecule has 1 aromatic rings. The van der Waals surface area contributed by atoms with E-state index in [1.807, 2.05) is 12.1 Å².